The summed E-state index contributed by atoms with van der Waals surface area (Å²) in [5.74, 6) is 0. The molecule has 0 aliphatic heterocycles. The van der Waals surface area contributed by atoms with E-state index in [1.807, 2.05) is 6.92 Å². The van der Waals surface area contributed by atoms with Crippen molar-refractivity contribution >= 4 is 23.5 Å². The molecule has 0 radical (unpaired) electrons. The maximum Gasteiger partial charge on any atom is 0.492 e. The molecule has 0 spiro atoms. The predicted molar refractivity (Wildman–Crippen MR) is 101 cm³/mol. The van der Waals surface area contributed by atoms with Gasteiger partial charge in [-0.1, -0.05) is 13.3 Å². The fourth-order valence-electron chi connectivity index (χ4n) is 1.47. The molecule has 0 amide bonds. The summed E-state index contributed by atoms with van der Waals surface area (Å²) in [6.45, 7) is -0.385. The maximum atomic E-state index is 12.8. The topological polar surface area (TPSA) is 188 Å². The number of aliphatic hydroxyl groups excluding tert-OH is 3. The van der Waals surface area contributed by atoms with Gasteiger partial charge in [-0.15, -0.1) is 0 Å². The molecule has 13 nitrogen and oxygen atoms in total. The van der Waals surface area contributed by atoms with Crippen LogP contribution in [0.25, 0.3) is 0 Å². The zero-order chi connectivity index (χ0) is 22.2. The van der Waals surface area contributed by atoms with Crippen LogP contribution in [0.5, 0.6) is 0 Å². The molecule has 16 heteroatoms. The van der Waals surface area contributed by atoms with E-state index in [1.165, 1.54) is 0 Å². The molecule has 4 N–H and O–H groups in total. The number of aliphatic hydroxyl groups is 3. The first-order valence-electron chi connectivity index (χ1n) is 9.02. The van der Waals surface area contributed by atoms with E-state index in [-0.39, 0.29) is 52.3 Å². The summed E-state index contributed by atoms with van der Waals surface area (Å²) in [6, 6.07) is 0. The van der Waals surface area contributed by atoms with Crippen molar-refractivity contribution < 1.29 is 60.6 Å². The van der Waals surface area contributed by atoms with Gasteiger partial charge in [-0.3, -0.25) is 18.1 Å². The van der Waals surface area contributed by atoms with E-state index in [0.29, 0.717) is 12.8 Å². The van der Waals surface area contributed by atoms with Crippen molar-refractivity contribution in [3.8, 4) is 0 Å². The van der Waals surface area contributed by atoms with Crippen LogP contribution in [-0.4, -0.2) is 66.5 Å². The SMILES string of the molecule is CCCCOP(=O)(OCCCO)OP(=O)(OCCCO)OP(=O)(O)OCCCO. The molecule has 3 unspecified atom stereocenters. The molecule has 0 bridgehead atoms. The van der Waals surface area contributed by atoms with Gasteiger partial charge < -0.3 is 20.2 Å². The lowest BCUT2D eigenvalue weighted by atomic mass is 10.4. The molecule has 3 atom stereocenters. The molecule has 0 heterocycles. The van der Waals surface area contributed by atoms with Crippen LogP contribution >= 0.6 is 23.5 Å². The monoisotopic (exact) mass is 488 g/mol. The standard InChI is InChI=1S/C13H31O13P3/c1-2-3-10-22-28(19,23-12-5-8-15)26-29(20,24-13-6-9-16)25-27(17,18)21-11-4-7-14/h14-16H,2-13H2,1H3,(H,17,18). The number of phosphoric acid groups is 3. The van der Waals surface area contributed by atoms with Crippen LogP contribution < -0.4 is 0 Å². The Morgan fingerprint density at radius 3 is 1.48 bits per heavy atom. The summed E-state index contributed by atoms with van der Waals surface area (Å²) < 4.78 is 66.2. The molecule has 0 saturated heterocycles. The van der Waals surface area contributed by atoms with Gasteiger partial charge in [-0.2, -0.15) is 8.62 Å². The van der Waals surface area contributed by atoms with E-state index in [0.717, 1.165) is 0 Å². The third kappa shape index (κ3) is 14.8. The van der Waals surface area contributed by atoms with E-state index in [1.54, 1.807) is 0 Å². The van der Waals surface area contributed by atoms with E-state index < -0.39 is 36.7 Å². The minimum absolute atomic E-state index is 0.00662. The van der Waals surface area contributed by atoms with Crippen LogP contribution in [0.2, 0.25) is 0 Å². The molecule has 176 valence electrons. The minimum Gasteiger partial charge on any atom is -0.396 e. The van der Waals surface area contributed by atoms with Crippen molar-refractivity contribution in [1.82, 2.24) is 0 Å². The zero-order valence-corrected chi connectivity index (χ0v) is 19.0. The van der Waals surface area contributed by atoms with Crippen LogP contribution in [0.3, 0.4) is 0 Å². The van der Waals surface area contributed by atoms with E-state index in [2.05, 4.69) is 8.83 Å². The average molecular weight is 488 g/mol. The first-order valence-corrected chi connectivity index (χ1v) is 13.4. The second kappa shape index (κ2) is 16.0. The summed E-state index contributed by atoms with van der Waals surface area (Å²) in [5.41, 5.74) is 0. The molecule has 0 aliphatic carbocycles. The molecule has 29 heavy (non-hydrogen) atoms. The first-order chi connectivity index (χ1) is 13.7. The second-order valence-electron chi connectivity index (χ2n) is 5.44. The number of rotatable bonds is 20. The summed E-state index contributed by atoms with van der Waals surface area (Å²) in [4.78, 5) is 9.70. The largest absolute Gasteiger partial charge is 0.492 e. The third-order valence-corrected chi connectivity index (χ3v) is 8.04. The van der Waals surface area contributed by atoms with Crippen LogP contribution in [0.4, 0.5) is 0 Å². The van der Waals surface area contributed by atoms with Crippen LogP contribution in [0, 0.1) is 0 Å². The smallest absolute Gasteiger partial charge is 0.396 e. The number of hydrogen-bond donors (Lipinski definition) is 4. The number of phosphoric ester groups is 2. The van der Waals surface area contributed by atoms with Gasteiger partial charge in [0, 0.05) is 19.8 Å². The number of hydrogen-bond acceptors (Lipinski definition) is 12. The fraction of sp³-hybridized carbons (Fsp3) is 1.00. The van der Waals surface area contributed by atoms with Gasteiger partial charge in [-0.05, 0) is 25.7 Å². The molecule has 0 aromatic heterocycles. The summed E-state index contributed by atoms with van der Waals surface area (Å²) in [7, 11) is -14.6. The van der Waals surface area contributed by atoms with Crippen molar-refractivity contribution in [3.63, 3.8) is 0 Å². The van der Waals surface area contributed by atoms with Crippen LogP contribution in [-0.2, 0) is 40.4 Å². The first kappa shape index (κ1) is 29.3. The maximum absolute atomic E-state index is 12.8. The summed E-state index contributed by atoms with van der Waals surface area (Å²) in [5, 5.41) is 26.3. The van der Waals surface area contributed by atoms with Crippen molar-refractivity contribution in [3.05, 3.63) is 0 Å². The molecule has 0 saturated carbocycles. The van der Waals surface area contributed by atoms with Gasteiger partial charge in [0.2, 0.25) is 0 Å². The predicted octanol–water partition coefficient (Wildman–Crippen LogP) is 2.35. The Bertz CT molecular complexity index is 544. The molecule has 0 fully saturated rings. The van der Waals surface area contributed by atoms with Crippen molar-refractivity contribution in [1.29, 1.82) is 0 Å². The molecule has 0 rings (SSSR count). The van der Waals surface area contributed by atoms with Gasteiger partial charge in [0.25, 0.3) is 0 Å². The highest BCUT2D eigenvalue weighted by Crippen LogP contribution is 2.71. The number of unbranched alkanes of at least 4 members (excludes halogenated alkanes) is 1. The van der Waals surface area contributed by atoms with Gasteiger partial charge in [0.1, 0.15) is 0 Å². The average Bonchev–Trinajstić information content (AvgIpc) is 2.61. The molecular formula is C13H31O13P3. The Hall–Kier alpha value is 0.290. The Labute approximate surface area is 170 Å². The second-order valence-corrected chi connectivity index (χ2v) is 10.5. The van der Waals surface area contributed by atoms with Gasteiger partial charge in [-0.25, -0.2) is 13.7 Å². The Morgan fingerprint density at radius 2 is 1.03 bits per heavy atom. The van der Waals surface area contributed by atoms with E-state index >= 15 is 0 Å². The fourth-order valence-corrected chi connectivity index (χ4v) is 6.28. The van der Waals surface area contributed by atoms with E-state index in [9.17, 15) is 18.6 Å². The van der Waals surface area contributed by atoms with Gasteiger partial charge >= 0.3 is 23.5 Å². The minimum atomic E-state index is -5.03. The lowest BCUT2D eigenvalue weighted by molar-refractivity contribution is 0.110. The lowest BCUT2D eigenvalue weighted by Crippen LogP contribution is -2.07. The third-order valence-electron chi connectivity index (χ3n) is 2.81. The highest BCUT2D eigenvalue weighted by Gasteiger charge is 2.46. The quantitative estimate of drug-likeness (QED) is 0.145. The highest BCUT2D eigenvalue weighted by molar-refractivity contribution is 7.67. The lowest BCUT2D eigenvalue weighted by Gasteiger charge is -2.24. The van der Waals surface area contributed by atoms with Crippen LogP contribution in [0.15, 0.2) is 0 Å². The van der Waals surface area contributed by atoms with Crippen molar-refractivity contribution in [2.24, 2.45) is 0 Å². The van der Waals surface area contributed by atoms with Crippen molar-refractivity contribution in [2.45, 2.75) is 39.0 Å². The van der Waals surface area contributed by atoms with Crippen LogP contribution in [0.1, 0.15) is 39.0 Å². The summed E-state index contributed by atoms with van der Waals surface area (Å²) in [6.07, 6.45) is 1.14. The Balaban J connectivity index is 5.38. The normalized spacial score (nSPS) is 18.1. The molecule has 0 aromatic rings. The molecule has 0 aromatic carbocycles. The Morgan fingerprint density at radius 1 is 0.621 bits per heavy atom. The summed E-state index contributed by atoms with van der Waals surface area (Å²) >= 11 is 0. The van der Waals surface area contributed by atoms with Gasteiger partial charge in [0.05, 0.1) is 26.4 Å². The molecule has 0 aliphatic rings. The zero-order valence-electron chi connectivity index (χ0n) is 16.3. The van der Waals surface area contributed by atoms with Gasteiger partial charge in [0.15, 0.2) is 0 Å². The van der Waals surface area contributed by atoms with Crippen molar-refractivity contribution in [2.75, 3.05) is 46.2 Å². The van der Waals surface area contributed by atoms with E-state index in [4.69, 9.17) is 33.2 Å². The highest BCUT2D eigenvalue weighted by atomic mass is 31.3. The molecular weight excluding hydrogens is 457 g/mol. The Kier molecular flexibility index (Phi) is 16.2.